The van der Waals surface area contributed by atoms with Gasteiger partial charge in [-0.3, -0.25) is 0 Å². The van der Waals surface area contributed by atoms with Gasteiger partial charge in [0, 0.05) is 21.9 Å². The topological polar surface area (TPSA) is 50.2 Å². The lowest BCUT2D eigenvalue weighted by atomic mass is 10.1. The Morgan fingerprint density at radius 1 is 1.25 bits per heavy atom. The summed E-state index contributed by atoms with van der Waals surface area (Å²) in [6.45, 7) is 2.07. The normalized spacial score (nSPS) is 10.7. The predicted octanol–water partition coefficient (Wildman–Crippen LogP) is 4.55. The van der Waals surface area contributed by atoms with Gasteiger partial charge in [0.25, 0.3) is 0 Å². The quantitative estimate of drug-likeness (QED) is 0.772. The summed E-state index contributed by atoms with van der Waals surface area (Å²) in [6, 6.07) is 6.86. The minimum Gasteiger partial charge on any atom is -0.478 e. The Labute approximate surface area is 124 Å². The molecule has 20 heavy (non-hydrogen) atoms. The molecule has 0 aliphatic heterocycles. The highest BCUT2D eigenvalue weighted by Gasteiger charge is 2.11. The zero-order chi connectivity index (χ0) is 14.1. The molecular formula is C15H11NO2S2. The highest BCUT2D eigenvalue weighted by atomic mass is 32.1. The van der Waals surface area contributed by atoms with Crippen LogP contribution in [0.25, 0.3) is 21.8 Å². The molecule has 1 N–H and O–H groups in total. The highest BCUT2D eigenvalue weighted by Crippen LogP contribution is 2.32. The van der Waals surface area contributed by atoms with Gasteiger partial charge in [0.2, 0.25) is 0 Å². The number of aromatic nitrogens is 1. The molecule has 0 saturated heterocycles. The minimum atomic E-state index is -0.920. The molecule has 0 radical (unpaired) electrons. The van der Waals surface area contributed by atoms with Crippen molar-refractivity contribution in [2.45, 2.75) is 6.92 Å². The molecule has 0 bridgehead atoms. The van der Waals surface area contributed by atoms with Gasteiger partial charge < -0.3 is 5.11 Å². The Morgan fingerprint density at radius 2 is 2.10 bits per heavy atom. The summed E-state index contributed by atoms with van der Waals surface area (Å²) < 4.78 is 0. The third-order valence-corrected chi connectivity index (χ3v) is 4.73. The maximum atomic E-state index is 11.0. The van der Waals surface area contributed by atoms with Gasteiger partial charge in [-0.25, -0.2) is 9.78 Å². The third kappa shape index (κ3) is 2.37. The zero-order valence-electron chi connectivity index (χ0n) is 10.7. The Kier molecular flexibility index (Phi) is 3.38. The molecule has 2 heterocycles. The van der Waals surface area contributed by atoms with Gasteiger partial charge in [0.1, 0.15) is 5.01 Å². The first-order valence-corrected chi connectivity index (χ1v) is 7.80. The van der Waals surface area contributed by atoms with Crippen LogP contribution >= 0.6 is 22.7 Å². The molecule has 2 aromatic heterocycles. The first-order chi connectivity index (χ1) is 9.65. The van der Waals surface area contributed by atoms with E-state index < -0.39 is 5.97 Å². The van der Waals surface area contributed by atoms with E-state index >= 15 is 0 Å². The van der Waals surface area contributed by atoms with E-state index in [1.807, 2.05) is 11.4 Å². The maximum Gasteiger partial charge on any atom is 0.335 e. The summed E-state index contributed by atoms with van der Waals surface area (Å²) in [5.41, 5.74) is 4.30. The average Bonchev–Trinajstić information content (AvgIpc) is 3.07. The number of benzene rings is 1. The Balaban J connectivity index is 2.00. The predicted molar refractivity (Wildman–Crippen MR) is 82.6 cm³/mol. The summed E-state index contributed by atoms with van der Waals surface area (Å²) in [5.74, 6) is -0.920. The number of carboxylic acid groups (broad SMARTS) is 1. The fraction of sp³-hybridized carbons (Fsp3) is 0.0667. The van der Waals surface area contributed by atoms with E-state index in [2.05, 4.69) is 22.7 Å². The summed E-state index contributed by atoms with van der Waals surface area (Å²) in [6.07, 6.45) is 0. The first-order valence-electron chi connectivity index (χ1n) is 5.97. The molecule has 0 fully saturated rings. The molecule has 3 nitrogen and oxygen atoms in total. The van der Waals surface area contributed by atoms with Crippen LogP contribution in [0.4, 0.5) is 0 Å². The van der Waals surface area contributed by atoms with Crippen molar-refractivity contribution in [1.82, 2.24) is 4.98 Å². The van der Waals surface area contributed by atoms with Crippen molar-refractivity contribution >= 4 is 28.6 Å². The standard InChI is InChI=1S/C15H11NO2S2/c1-9-6-19-7-12(9)14-16-13(8-20-14)10-3-2-4-11(5-10)15(17)18/h2-8H,1H3,(H,17,18). The van der Waals surface area contributed by atoms with Crippen LogP contribution in [0, 0.1) is 6.92 Å². The Morgan fingerprint density at radius 3 is 2.80 bits per heavy atom. The van der Waals surface area contributed by atoms with Crippen LogP contribution < -0.4 is 0 Å². The highest BCUT2D eigenvalue weighted by molar-refractivity contribution is 7.14. The van der Waals surface area contributed by atoms with Gasteiger partial charge in [0.15, 0.2) is 0 Å². The Bertz CT molecular complexity index is 774. The van der Waals surface area contributed by atoms with E-state index in [0.29, 0.717) is 0 Å². The first kappa shape index (κ1) is 13.0. The van der Waals surface area contributed by atoms with E-state index in [1.165, 1.54) is 5.56 Å². The monoisotopic (exact) mass is 301 g/mol. The molecule has 0 aliphatic carbocycles. The minimum absolute atomic E-state index is 0.281. The van der Waals surface area contributed by atoms with E-state index in [4.69, 9.17) is 5.11 Å². The zero-order valence-corrected chi connectivity index (χ0v) is 12.3. The molecule has 0 unspecified atom stereocenters. The number of aromatic carboxylic acids is 1. The second-order valence-corrected chi connectivity index (χ2v) is 5.99. The summed E-state index contributed by atoms with van der Waals surface area (Å²) >= 11 is 3.24. The second-order valence-electron chi connectivity index (χ2n) is 4.39. The molecule has 3 rings (SSSR count). The number of thiophene rings is 1. The summed E-state index contributed by atoms with van der Waals surface area (Å²) in [4.78, 5) is 15.6. The van der Waals surface area contributed by atoms with Crippen LogP contribution in [-0.2, 0) is 0 Å². The van der Waals surface area contributed by atoms with Crippen molar-refractivity contribution in [3.63, 3.8) is 0 Å². The fourth-order valence-corrected chi connectivity index (χ4v) is 3.74. The lowest BCUT2D eigenvalue weighted by Crippen LogP contribution is -1.95. The largest absolute Gasteiger partial charge is 0.478 e. The molecule has 100 valence electrons. The SMILES string of the molecule is Cc1cscc1-c1nc(-c2cccc(C(=O)O)c2)cs1. The van der Waals surface area contributed by atoms with Crippen molar-refractivity contribution in [1.29, 1.82) is 0 Å². The van der Waals surface area contributed by atoms with E-state index in [1.54, 1.807) is 40.9 Å². The van der Waals surface area contributed by atoms with Crippen LogP contribution in [0.5, 0.6) is 0 Å². The lowest BCUT2D eigenvalue weighted by molar-refractivity contribution is 0.0697. The van der Waals surface area contributed by atoms with Crippen LogP contribution in [0.2, 0.25) is 0 Å². The van der Waals surface area contributed by atoms with Gasteiger partial charge in [-0.2, -0.15) is 11.3 Å². The van der Waals surface area contributed by atoms with Crippen molar-refractivity contribution < 1.29 is 9.90 Å². The number of rotatable bonds is 3. The van der Waals surface area contributed by atoms with Crippen LogP contribution in [0.3, 0.4) is 0 Å². The Hall–Kier alpha value is -1.98. The van der Waals surface area contributed by atoms with Gasteiger partial charge in [-0.05, 0) is 30.0 Å². The van der Waals surface area contributed by atoms with Crippen molar-refractivity contribution in [2.24, 2.45) is 0 Å². The molecule has 0 saturated carbocycles. The molecule has 3 aromatic rings. The number of hydrogen-bond donors (Lipinski definition) is 1. The molecule has 5 heteroatoms. The number of aryl methyl sites for hydroxylation is 1. The summed E-state index contributed by atoms with van der Waals surface area (Å²) in [5, 5.41) is 16.2. The molecular weight excluding hydrogens is 290 g/mol. The summed E-state index contributed by atoms with van der Waals surface area (Å²) in [7, 11) is 0. The molecule has 0 aliphatic rings. The average molecular weight is 301 g/mol. The second kappa shape index (κ2) is 5.19. The number of hydrogen-bond acceptors (Lipinski definition) is 4. The van der Waals surface area contributed by atoms with Gasteiger partial charge >= 0.3 is 5.97 Å². The van der Waals surface area contributed by atoms with Crippen molar-refractivity contribution in [2.75, 3.05) is 0 Å². The van der Waals surface area contributed by atoms with E-state index in [9.17, 15) is 4.79 Å². The third-order valence-electron chi connectivity index (χ3n) is 3.00. The molecule has 1 aromatic carbocycles. The molecule has 0 spiro atoms. The number of nitrogens with zero attached hydrogens (tertiary/aromatic N) is 1. The number of carbonyl (C=O) groups is 1. The fourth-order valence-electron chi connectivity index (χ4n) is 1.92. The lowest BCUT2D eigenvalue weighted by Gasteiger charge is -1.99. The van der Waals surface area contributed by atoms with Crippen molar-refractivity contribution in [3.8, 4) is 21.8 Å². The van der Waals surface area contributed by atoms with Crippen LogP contribution in [0.15, 0.2) is 40.4 Å². The maximum absolute atomic E-state index is 11.0. The van der Waals surface area contributed by atoms with Gasteiger partial charge in [0.05, 0.1) is 11.3 Å². The molecule has 0 amide bonds. The van der Waals surface area contributed by atoms with Crippen molar-refractivity contribution in [3.05, 3.63) is 51.5 Å². The van der Waals surface area contributed by atoms with Crippen LogP contribution in [-0.4, -0.2) is 16.1 Å². The number of carboxylic acids is 1. The van der Waals surface area contributed by atoms with Gasteiger partial charge in [-0.1, -0.05) is 12.1 Å². The smallest absolute Gasteiger partial charge is 0.335 e. The van der Waals surface area contributed by atoms with Gasteiger partial charge in [-0.15, -0.1) is 11.3 Å². The van der Waals surface area contributed by atoms with Crippen LogP contribution in [0.1, 0.15) is 15.9 Å². The molecule has 0 atom stereocenters. The van der Waals surface area contributed by atoms with E-state index in [0.717, 1.165) is 21.8 Å². The van der Waals surface area contributed by atoms with E-state index in [-0.39, 0.29) is 5.56 Å². The number of thiazole rings is 1.